The van der Waals surface area contributed by atoms with Crippen molar-refractivity contribution >= 4 is 16.7 Å². The maximum Gasteiger partial charge on any atom is 0.235 e. The fourth-order valence-corrected chi connectivity index (χ4v) is 2.56. The summed E-state index contributed by atoms with van der Waals surface area (Å²) in [5, 5.41) is 1.95. The van der Waals surface area contributed by atoms with Crippen LogP contribution < -0.4 is 5.32 Å². The zero-order valence-corrected chi connectivity index (χ0v) is 11.4. The van der Waals surface area contributed by atoms with Gasteiger partial charge < -0.3 is 5.32 Å². The summed E-state index contributed by atoms with van der Waals surface area (Å²) in [5.41, 5.74) is 0. The Morgan fingerprint density at radius 2 is 2.11 bits per heavy atom. The third-order valence-corrected chi connectivity index (χ3v) is 4.19. The van der Waals surface area contributed by atoms with Gasteiger partial charge >= 0.3 is 0 Å². The van der Waals surface area contributed by atoms with E-state index in [0.29, 0.717) is 6.54 Å². The number of hydrogen-bond acceptors (Lipinski definition) is 2. The van der Waals surface area contributed by atoms with Crippen molar-refractivity contribution in [2.45, 2.75) is 36.8 Å². The minimum absolute atomic E-state index is 0.0793. The van der Waals surface area contributed by atoms with Gasteiger partial charge in [0.1, 0.15) is 11.1 Å². The van der Waals surface area contributed by atoms with E-state index in [2.05, 4.69) is 5.32 Å². The topological polar surface area (TPSA) is 46.2 Å². The zero-order valence-electron chi connectivity index (χ0n) is 10.6. The minimum Gasteiger partial charge on any atom is -0.355 e. The molecule has 18 heavy (non-hydrogen) atoms. The lowest BCUT2D eigenvalue weighted by Gasteiger charge is -2.12. The molecule has 0 aromatic heterocycles. The largest absolute Gasteiger partial charge is 0.355 e. The van der Waals surface area contributed by atoms with Crippen LogP contribution in [0, 0.1) is 5.82 Å². The van der Waals surface area contributed by atoms with Crippen molar-refractivity contribution < 1.29 is 13.4 Å². The molecule has 0 spiro atoms. The van der Waals surface area contributed by atoms with Gasteiger partial charge in [-0.05, 0) is 25.5 Å². The number of unbranched alkanes of at least 4 members (excludes halogenated alkanes) is 1. The summed E-state index contributed by atoms with van der Waals surface area (Å²) in [7, 11) is -1.66. The highest BCUT2D eigenvalue weighted by atomic mass is 32.2. The van der Waals surface area contributed by atoms with E-state index in [4.69, 9.17) is 0 Å². The van der Waals surface area contributed by atoms with Crippen molar-refractivity contribution in [3.8, 4) is 0 Å². The average molecular weight is 271 g/mol. The van der Waals surface area contributed by atoms with Gasteiger partial charge in [-0.15, -0.1) is 0 Å². The van der Waals surface area contributed by atoms with Crippen LogP contribution in [0.15, 0.2) is 29.2 Å². The number of nitrogens with one attached hydrogen (secondary N) is 1. The first kappa shape index (κ1) is 14.8. The summed E-state index contributed by atoms with van der Waals surface area (Å²) >= 11 is 0. The van der Waals surface area contributed by atoms with Gasteiger partial charge in [0.25, 0.3) is 0 Å². The third-order valence-electron chi connectivity index (χ3n) is 2.57. The predicted molar refractivity (Wildman–Crippen MR) is 70.2 cm³/mol. The molecule has 0 radical (unpaired) electrons. The summed E-state index contributed by atoms with van der Waals surface area (Å²) in [6, 6.07) is 5.83. The molecule has 1 N–H and O–H groups in total. The van der Waals surface area contributed by atoms with Crippen molar-refractivity contribution in [3.05, 3.63) is 30.1 Å². The molecule has 0 saturated heterocycles. The van der Waals surface area contributed by atoms with E-state index in [-0.39, 0.29) is 10.8 Å². The van der Waals surface area contributed by atoms with Crippen LogP contribution in [0.1, 0.15) is 26.7 Å². The van der Waals surface area contributed by atoms with Gasteiger partial charge in [-0.1, -0.05) is 25.5 Å². The van der Waals surface area contributed by atoms with Crippen LogP contribution in [0.4, 0.5) is 4.39 Å². The Morgan fingerprint density at radius 3 is 2.72 bits per heavy atom. The third kappa shape index (κ3) is 3.91. The van der Waals surface area contributed by atoms with E-state index in [1.165, 1.54) is 18.2 Å². The van der Waals surface area contributed by atoms with Crippen LogP contribution in [-0.2, 0) is 15.6 Å². The van der Waals surface area contributed by atoms with E-state index in [9.17, 15) is 13.4 Å². The summed E-state index contributed by atoms with van der Waals surface area (Å²) in [6.45, 7) is 4.13. The van der Waals surface area contributed by atoms with E-state index >= 15 is 0 Å². The zero-order chi connectivity index (χ0) is 13.5. The Labute approximate surface area is 109 Å². The highest BCUT2D eigenvalue weighted by molar-refractivity contribution is 7.86. The summed E-state index contributed by atoms with van der Waals surface area (Å²) in [6.07, 6.45) is 1.86. The Morgan fingerprint density at radius 1 is 1.44 bits per heavy atom. The molecule has 0 aliphatic heterocycles. The fourth-order valence-electron chi connectivity index (χ4n) is 1.43. The number of halogens is 1. The smallest absolute Gasteiger partial charge is 0.235 e. The van der Waals surface area contributed by atoms with Gasteiger partial charge in [-0.25, -0.2) is 4.39 Å². The maximum atomic E-state index is 13.4. The maximum absolute atomic E-state index is 13.4. The van der Waals surface area contributed by atoms with E-state index in [1.807, 2.05) is 6.92 Å². The number of rotatable bonds is 6. The Balaban J connectivity index is 2.67. The molecule has 1 rings (SSSR count). The molecule has 3 nitrogen and oxygen atoms in total. The number of carbonyl (C=O) groups is 1. The lowest BCUT2D eigenvalue weighted by atomic mass is 10.3. The normalized spacial score (nSPS) is 13.9. The van der Waals surface area contributed by atoms with Gasteiger partial charge in [-0.2, -0.15) is 0 Å². The molecule has 1 aromatic rings. The molecule has 1 amide bonds. The van der Waals surface area contributed by atoms with Crippen LogP contribution >= 0.6 is 0 Å². The first-order valence-electron chi connectivity index (χ1n) is 6.00. The van der Waals surface area contributed by atoms with Crippen molar-refractivity contribution in [3.63, 3.8) is 0 Å². The predicted octanol–water partition coefficient (Wildman–Crippen LogP) is 2.24. The Bertz CT molecular complexity index is 437. The van der Waals surface area contributed by atoms with Crippen LogP contribution in [0.2, 0.25) is 0 Å². The quantitative estimate of drug-likeness (QED) is 0.807. The fraction of sp³-hybridized carbons (Fsp3) is 0.462. The first-order chi connectivity index (χ1) is 8.57. The van der Waals surface area contributed by atoms with E-state index < -0.39 is 21.9 Å². The van der Waals surface area contributed by atoms with E-state index in [0.717, 1.165) is 12.8 Å². The van der Waals surface area contributed by atoms with Crippen molar-refractivity contribution in [1.29, 1.82) is 0 Å². The summed E-state index contributed by atoms with van der Waals surface area (Å²) in [5.74, 6) is -0.839. The van der Waals surface area contributed by atoms with Crippen molar-refractivity contribution in [2.75, 3.05) is 6.54 Å². The second kappa shape index (κ2) is 7.26. The van der Waals surface area contributed by atoms with Crippen molar-refractivity contribution in [1.82, 2.24) is 5.32 Å². The van der Waals surface area contributed by atoms with Crippen LogP contribution in [0.25, 0.3) is 0 Å². The van der Waals surface area contributed by atoms with Crippen LogP contribution in [-0.4, -0.2) is 21.9 Å². The summed E-state index contributed by atoms with van der Waals surface area (Å²) in [4.78, 5) is 11.8. The minimum atomic E-state index is -1.66. The van der Waals surface area contributed by atoms with E-state index in [1.54, 1.807) is 13.0 Å². The van der Waals surface area contributed by atoms with Crippen LogP contribution in [0.3, 0.4) is 0 Å². The number of carbonyl (C=O) groups excluding carboxylic acids is 1. The molecular formula is C13H18FNO2S. The van der Waals surface area contributed by atoms with Gasteiger partial charge in [0.15, 0.2) is 0 Å². The van der Waals surface area contributed by atoms with Crippen molar-refractivity contribution in [2.24, 2.45) is 0 Å². The summed E-state index contributed by atoms with van der Waals surface area (Å²) < 4.78 is 25.5. The monoisotopic (exact) mass is 271 g/mol. The molecule has 0 fully saturated rings. The van der Waals surface area contributed by atoms with Gasteiger partial charge in [0.2, 0.25) is 5.91 Å². The van der Waals surface area contributed by atoms with Gasteiger partial charge in [-0.3, -0.25) is 9.00 Å². The molecule has 1 aromatic carbocycles. The molecule has 2 unspecified atom stereocenters. The van der Waals surface area contributed by atoms with Gasteiger partial charge in [0.05, 0.1) is 15.7 Å². The van der Waals surface area contributed by atoms with Gasteiger partial charge in [0, 0.05) is 6.54 Å². The lowest BCUT2D eigenvalue weighted by molar-refractivity contribution is -0.120. The van der Waals surface area contributed by atoms with Crippen LogP contribution in [0.5, 0.6) is 0 Å². The number of hydrogen-bond donors (Lipinski definition) is 1. The Kier molecular flexibility index (Phi) is 5.98. The molecular weight excluding hydrogens is 253 g/mol. The molecule has 0 aliphatic rings. The Hall–Kier alpha value is -1.23. The average Bonchev–Trinajstić information content (AvgIpc) is 2.38. The molecule has 2 atom stereocenters. The molecule has 0 aliphatic carbocycles. The second-order valence-electron chi connectivity index (χ2n) is 4.01. The molecule has 0 heterocycles. The standard InChI is InChI=1S/C13H18FNO2S/c1-3-4-9-15-13(16)10(2)18(17)12-8-6-5-7-11(12)14/h5-8,10H,3-4,9H2,1-2H3,(H,15,16). The number of benzene rings is 1. The lowest BCUT2D eigenvalue weighted by Crippen LogP contribution is -2.36. The first-order valence-corrected chi connectivity index (χ1v) is 7.22. The second-order valence-corrected chi connectivity index (χ2v) is 5.76. The molecule has 0 bridgehead atoms. The number of amides is 1. The molecule has 0 saturated carbocycles. The highest BCUT2D eigenvalue weighted by Gasteiger charge is 2.22. The highest BCUT2D eigenvalue weighted by Crippen LogP contribution is 2.15. The molecule has 100 valence electrons. The SMILES string of the molecule is CCCCNC(=O)C(C)S(=O)c1ccccc1F. The molecule has 5 heteroatoms.